The van der Waals surface area contributed by atoms with Crippen molar-refractivity contribution < 1.29 is 0 Å². The lowest BCUT2D eigenvalue weighted by Crippen LogP contribution is -2.82. The summed E-state index contributed by atoms with van der Waals surface area (Å²) in [5.41, 5.74) is 0. The quantitative estimate of drug-likeness (QED) is 0.283. The van der Waals surface area contributed by atoms with Gasteiger partial charge >= 0.3 is 0 Å². The molecule has 0 heterocycles. The summed E-state index contributed by atoms with van der Waals surface area (Å²) in [7, 11) is 4.80. The molecular formula is C9H27S9Si5. The highest BCUT2D eigenvalue weighted by Gasteiger charge is 2.75. The minimum atomic E-state index is -1.70. The zero-order valence-electron chi connectivity index (χ0n) is 15.2. The van der Waals surface area contributed by atoms with Crippen LogP contribution >= 0.6 is 101 Å². The van der Waals surface area contributed by atoms with Crippen LogP contribution in [0.5, 0.6) is 0 Å². The lowest BCUT2D eigenvalue weighted by Gasteiger charge is -2.57. The van der Waals surface area contributed by atoms with Gasteiger partial charge in [0.15, 0.2) is 0 Å². The molecule has 0 amide bonds. The van der Waals surface area contributed by atoms with Gasteiger partial charge in [0.1, 0.15) is 6.14 Å². The summed E-state index contributed by atoms with van der Waals surface area (Å²) in [6.45, 7) is 0. The van der Waals surface area contributed by atoms with Gasteiger partial charge in [0, 0.05) is 9.76 Å². The van der Waals surface area contributed by atoms with Crippen LogP contribution in [0.4, 0.5) is 0 Å². The molecule has 0 aromatic heterocycles. The fourth-order valence-electron chi connectivity index (χ4n) is 2.69. The highest BCUT2D eigenvalue weighted by Crippen LogP contribution is 2.63. The summed E-state index contributed by atoms with van der Waals surface area (Å²) in [6.07, 6.45) is 19.8. The molecule has 0 atom stereocenters. The zero-order valence-corrected chi connectivity index (χ0v) is 27.5. The van der Waals surface area contributed by atoms with E-state index in [1.54, 1.807) is 0 Å². The number of hydrogen-bond donors (Lipinski definition) is 0. The summed E-state index contributed by atoms with van der Waals surface area (Å²) in [4.78, 5) is 0. The Bertz CT molecular complexity index is 273. The van der Waals surface area contributed by atoms with E-state index >= 15 is 0 Å². The van der Waals surface area contributed by atoms with Crippen LogP contribution < -0.4 is 0 Å². The maximum Gasteiger partial charge on any atom is 0.220 e. The Morgan fingerprint density at radius 1 is 0.391 bits per heavy atom. The summed E-state index contributed by atoms with van der Waals surface area (Å²) in [5, 5.41) is -4.70. The van der Waals surface area contributed by atoms with E-state index in [9.17, 15) is 0 Å². The maximum absolute atomic E-state index is 4.80. The third kappa shape index (κ3) is 4.54. The van der Waals surface area contributed by atoms with Gasteiger partial charge in [0.2, 0.25) is 15.1 Å². The van der Waals surface area contributed by atoms with Crippen molar-refractivity contribution >= 4 is 132 Å². The highest BCUT2D eigenvalue weighted by molar-refractivity contribution is 9.07. The first-order chi connectivity index (χ1) is 10.8. The van der Waals surface area contributed by atoms with Crippen LogP contribution in [0.25, 0.3) is 0 Å². The SMILES string of the molecule is CS[Si](SC)(SC)[Si]([Si])([Si](SC)(SC)SC)[Si](SC)(SC)SC. The lowest BCUT2D eigenvalue weighted by molar-refractivity contribution is 2.49. The molecule has 14 heteroatoms. The lowest BCUT2D eigenvalue weighted by atomic mass is 12.0. The Kier molecular flexibility index (Phi) is 14.3. The molecular weight excluding hydrogens is 537 g/mol. The normalized spacial score (nSPS) is 14.3. The molecule has 3 radical (unpaired) electrons. The number of hydrogen-bond acceptors (Lipinski definition) is 9. The maximum atomic E-state index is 4.80. The second-order valence-electron chi connectivity index (χ2n) is 4.26. The predicted molar refractivity (Wildman–Crippen MR) is 150 cm³/mol. The molecule has 0 aliphatic carbocycles. The van der Waals surface area contributed by atoms with E-state index in [0.717, 1.165) is 0 Å². The molecule has 0 rings (SSSR count). The summed E-state index contributed by atoms with van der Waals surface area (Å²) >= 11 is 20.1. The molecule has 137 valence electrons. The monoisotopic (exact) mass is 563 g/mol. The van der Waals surface area contributed by atoms with Gasteiger partial charge in [0.05, 0.1) is 0 Å². The molecule has 0 nitrogen and oxygen atoms in total. The molecule has 23 heavy (non-hydrogen) atoms. The van der Waals surface area contributed by atoms with Crippen molar-refractivity contribution in [2.45, 2.75) is 0 Å². The van der Waals surface area contributed by atoms with Crippen LogP contribution in [0.1, 0.15) is 0 Å². The van der Waals surface area contributed by atoms with Crippen molar-refractivity contribution in [1.29, 1.82) is 0 Å². The molecule has 0 aliphatic rings. The van der Waals surface area contributed by atoms with Gasteiger partial charge in [-0.1, -0.05) is 0 Å². The summed E-state index contributed by atoms with van der Waals surface area (Å²) in [5.74, 6) is 0. The molecule has 0 aliphatic heterocycles. The van der Waals surface area contributed by atoms with Crippen LogP contribution in [0.15, 0.2) is 0 Å². The minimum absolute atomic E-state index is 1.57. The van der Waals surface area contributed by atoms with E-state index < -0.39 is 21.3 Å². The van der Waals surface area contributed by atoms with Crippen LogP contribution in [0.3, 0.4) is 0 Å². The van der Waals surface area contributed by atoms with Crippen LogP contribution in [0.2, 0.25) is 0 Å². The fourth-order valence-corrected chi connectivity index (χ4v) is 269. The van der Waals surface area contributed by atoms with E-state index in [4.69, 9.17) is 9.76 Å². The Morgan fingerprint density at radius 3 is 0.609 bits per heavy atom. The molecule has 0 bridgehead atoms. The minimum Gasteiger partial charge on any atom is -0.169 e. The van der Waals surface area contributed by atoms with E-state index in [2.05, 4.69) is 157 Å². The third-order valence-corrected chi connectivity index (χ3v) is 177. The van der Waals surface area contributed by atoms with Crippen molar-refractivity contribution in [3.8, 4) is 0 Å². The Hall–Kier alpha value is 4.23. The Balaban J connectivity index is 6.86. The topological polar surface area (TPSA) is 0 Å². The van der Waals surface area contributed by atoms with Gasteiger partial charge in [-0.05, 0) is 56.3 Å². The molecule has 0 N–H and O–H groups in total. The van der Waals surface area contributed by atoms with Gasteiger partial charge in [-0.15, -0.1) is 0 Å². The van der Waals surface area contributed by atoms with Crippen LogP contribution in [-0.4, -0.2) is 87.3 Å². The second kappa shape index (κ2) is 12.0. The molecule has 0 saturated carbocycles. The van der Waals surface area contributed by atoms with Gasteiger partial charge in [-0.3, -0.25) is 0 Å². The first kappa shape index (κ1) is 27.2. The van der Waals surface area contributed by atoms with E-state index in [-0.39, 0.29) is 0 Å². The van der Waals surface area contributed by atoms with E-state index in [1.165, 1.54) is 0 Å². The number of rotatable bonds is 12. The third-order valence-electron chi connectivity index (χ3n) is 3.80. The van der Waals surface area contributed by atoms with E-state index in [1.807, 2.05) is 0 Å². The highest BCUT2D eigenvalue weighted by atomic mass is 32.9. The predicted octanol–water partition coefficient (Wildman–Crippen LogP) is 5.42. The largest absolute Gasteiger partial charge is 0.220 e. The zero-order chi connectivity index (χ0) is 18.4. The Labute approximate surface area is 185 Å². The molecule has 0 aromatic carbocycles. The van der Waals surface area contributed by atoms with Gasteiger partial charge in [-0.2, -0.15) is 101 Å². The van der Waals surface area contributed by atoms with E-state index in [0.29, 0.717) is 0 Å². The Morgan fingerprint density at radius 2 is 0.522 bits per heavy atom. The van der Waals surface area contributed by atoms with Crippen molar-refractivity contribution in [2.75, 3.05) is 56.3 Å². The van der Waals surface area contributed by atoms with Crippen LogP contribution in [-0.2, 0) is 0 Å². The second-order valence-corrected chi connectivity index (χ2v) is 81.8. The fraction of sp³-hybridized carbons (Fsp3) is 1.00. The van der Waals surface area contributed by atoms with Gasteiger partial charge in [0.25, 0.3) is 0 Å². The average molecular weight is 564 g/mol. The van der Waals surface area contributed by atoms with Gasteiger partial charge < -0.3 is 0 Å². The first-order valence-corrected chi connectivity index (χ1v) is 36.6. The van der Waals surface area contributed by atoms with Crippen LogP contribution in [0, 0.1) is 0 Å². The van der Waals surface area contributed by atoms with Crippen molar-refractivity contribution in [2.24, 2.45) is 0 Å². The smallest absolute Gasteiger partial charge is 0.169 e. The standard InChI is InChI=1S/C9H27S9Si5/c1-10-20(11-2,12-3)23(19,21(13-4,14-5)15-6)22(16-7,17-8)18-9/h1-9H3. The summed E-state index contributed by atoms with van der Waals surface area (Å²) in [6, 6.07) is 0. The van der Waals surface area contributed by atoms with Gasteiger partial charge in [-0.25, -0.2) is 0 Å². The first-order valence-electron chi connectivity index (χ1n) is 6.51. The average Bonchev–Trinajstić information content (AvgIpc) is 2.61. The molecule has 0 aromatic rings. The molecule has 0 spiro atoms. The summed E-state index contributed by atoms with van der Waals surface area (Å²) < 4.78 is 0. The molecule has 0 saturated heterocycles. The molecule has 0 fully saturated rings. The van der Waals surface area contributed by atoms with Crippen molar-refractivity contribution in [1.82, 2.24) is 0 Å². The van der Waals surface area contributed by atoms with Crippen molar-refractivity contribution in [3.63, 3.8) is 0 Å². The van der Waals surface area contributed by atoms with Crippen molar-refractivity contribution in [3.05, 3.63) is 0 Å². The molecule has 0 unspecified atom stereocenters.